The molecule has 1 unspecified atom stereocenters. The highest BCUT2D eigenvalue weighted by atomic mass is 79.9. The van der Waals surface area contributed by atoms with Crippen LogP contribution in [0.3, 0.4) is 0 Å². The van der Waals surface area contributed by atoms with Crippen LogP contribution >= 0.6 is 15.9 Å². The largest absolute Gasteiger partial charge is 0.452 e. The molecule has 0 aliphatic heterocycles. The predicted octanol–water partition coefficient (Wildman–Crippen LogP) is 3.69. The fraction of sp³-hybridized carbons (Fsp3) is 0.267. The molecule has 1 atom stereocenters. The molecule has 1 aromatic carbocycles. The van der Waals surface area contributed by atoms with Gasteiger partial charge in [0.2, 0.25) is 0 Å². The van der Waals surface area contributed by atoms with Crippen LogP contribution in [0.1, 0.15) is 24.6 Å². The van der Waals surface area contributed by atoms with Crippen molar-refractivity contribution in [2.24, 2.45) is 0 Å². The number of aliphatic hydroxyl groups is 1. The van der Waals surface area contributed by atoms with E-state index in [2.05, 4.69) is 32.4 Å². The molecule has 5 heteroatoms. The van der Waals surface area contributed by atoms with Gasteiger partial charge in [0.25, 0.3) is 0 Å². The highest BCUT2D eigenvalue weighted by Gasteiger charge is 2.17. The molecule has 104 valence electrons. The van der Waals surface area contributed by atoms with Gasteiger partial charge < -0.3 is 14.1 Å². The summed E-state index contributed by atoms with van der Waals surface area (Å²) in [6.07, 6.45) is -0.258. The molecular formula is C15H15BrN2O2. The number of halogens is 1. The smallest absolute Gasteiger partial charge is 0.169 e. The van der Waals surface area contributed by atoms with Gasteiger partial charge in [-0.3, -0.25) is 0 Å². The van der Waals surface area contributed by atoms with E-state index in [1.807, 2.05) is 24.3 Å². The molecule has 0 aliphatic rings. The number of imidazole rings is 1. The van der Waals surface area contributed by atoms with Crippen molar-refractivity contribution in [3.63, 3.8) is 0 Å². The zero-order valence-corrected chi connectivity index (χ0v) is 12.7. The fourth-order valence-electron chi connectivity index (χ4n) is 2.41. The number of hydrogen-bond donors (Lipinski definition) is 1. The molecule has 0 aliphatic carbocycles. The molecule has 0 spiro atoms. The average Bonchev–Trinajstić information content (AvgIpc) is 3.01. The number of fused-ring (bicyclic) bond motifs is 1. The molecule has 4 nitrogen and oxygen atoms in total. The Kier molecular flexibility index (Phi) is 3.63. The van der Waals surface area contributed by atoms with Gasteiger partial charge in [-0.2, -0.15) is 0 Å². The average molecular weight is 335 g/mol. The first-order valence-electron chi connectivity index (χ1n) is 6.56. The topological polar surface area (TPSA) is 51.2 Å². The summed E-state index contributed by atoms with van der Waals surface area (Å²) in [5, 5.41) is 10.3. The van der Waals surface area contributed by atoms with Gasteiger partial charge in [0.05, 0.1) is 11.0 Å². The van der Waals surface area contributed by atoms with Crippen LogP contribution in [0.4, 0.5) is 0 Å². The first-order chi connectivity index (χ1) is 9.69. The summed E-state index contributed by atoms with van der Waals surface area (Å²) in [6, 6.07) is 11.6. The molecule has 2 heterocycles. The number of nitrogens with zero attached hydrogens (tertiary/aromatic N) is 2. The molecule has 0 bridgehead atoms. The van der Waals surface area contributed by atoms with Crippen molar-refractivity contribution in [3.8, 4) is 0 Å². The molecule has 0 fully saturated rings. The number of aromatic nitrogens is 2. The number of aliphatic hydroxyl groups excluding tert-OH is 1. The van der Waals surface area contributed by atoms with E-state index in [0.717, 1.165) is 23.4 Å². The molecule has 2 aromatic heterocycles. The van der Waals surface area contributed by atoms with Gasteiger partial charge in [-0.25, -0.2) is 4.98 Å². The maximum absolute atomic E-state index is 10.3. The maximum Gasteiger partial charge on any atom is 0.169 e. The van der Waals surface area contributed by atoms with Crippen LogP contribution < -0.4 is 0 Å². The summed E-state index contributed by atoms with van der Waals surface area (Å²) < 4.78 is 8.14. The van der Waals surface area contributed by atoms with E-state index < -0.39 is 6.10 Å². The van der Waals surface area contributed by atoms with Gasteiger partial charge in [0.1, 0.15) is 17.7 Å². The zero-order chi connectivity index (χ0) is 14.1. The van der Waals surface area contributed by atoms with E-state index in [-0.39, 0.29) is 0 Å². The normalized spacial score (nSPS) is 12.9. The SMILES string of the molecule is CCn1c(CC(O)c2ccc(Br)o2)nc2ccccc21. The summed E-state index contributed by atoms with van der Waals surface area (Å²) in [7, 11) is 0. The summed E-state index contributed by atoms with van der Waals surface area (Å²) in [6.45, 7) is 2.90. The standard InChI is InChI=1S/C15H15BrN2O2/c1-2-18-11-6-4-3-5-10(11)17-15(18)9-12(19)13-7-8-14(16)20-13/h3-8,12,19H,2,9H2,1H3. The van der Waals surface area contributed by atoms with Crippen LogP contribution in [-0.4, -0.2) is 14.7 Å². The van der Waals surface area contributed by atoms with Gasteiger partial charge in [0.15, 0.2) is 4.67 Å². The lowest BCUT2D eigenvalue weighted by atomic mass is 10.2. The number of furan rings is 1. The zero-order valence-electron chi connectivity index (χ0n) is 11.1. The van der Waals surface area contributed by atoms with Gasteiger partial charge in [-0.05, 0) is 47.1 Å². The van der Waals surface area contributed by atoms with Crippen molar-refractivity contribution in [2.75, 3.05) is 0 Å². The maximum atomic E-state index is 10.3. The molecule has 0 amide bonds. The van der Waals surface area contributed by atoms with Crippen molar-refractivity contribution in [3.05, 3.63) is 52.7 Å². The highest BCUT2D eigenvalue weighted by Crippen LogP contribution is 2.25. The van der Waals surface area contributed by atoms with Crippen LogP contribution in [0.15, 0.2) is 45.5 Å². The third-order valence-electron chi connectivity index (χ3n) is 3.35. The lowest BCUT2D eigenvalue weighted by Gasteiger charge is -2.09. The Balaban J connectivity index is 1.94. The molecule has 0 saturated heterocycles. The second kappa shape index (κ2) is 5.42. The summed E-state index contributed by atoms with van der Waals surface area (Å²) >= 11 is 3.24. The second-order valence-corrected chi connectivity index (χ2v) is 5.40. The van der Waals surface area contributed by atoms with E-state index in [0.29, 0.717) is 16.9 Å². The Labute approximate surface area is 125 Å². The van der Waals surface area contributed by atoms with Crippen molar-refractivity contribution in [1.29, 1.82) is 0 Å². The first-order valence-corrected chi connectivity index (χ1v) is 7.35. The quantitative estimate of drug-likeness (QED) is 0.791. The molecular weight excluding hydrogens is 320 g/mol. The molecule has 3 rings (SSSR count). The summed E-state index contributed by atoms with van der Waals surface area (Å²) in [5.74, 6) is 1.42. The van der Waals surface area contributed by atoms with Crippen molar-refractivity contribution in [1.82, 2.24) is 9.55 Å². The van der Waals surface area contributed by atoms with Gasteiger partial charge in [-0.1, -0.05) is 12.1 Å². The molecule has 0 radical (unpaired) electrons. The van der Waals surface area contributed by atoms with Crippen molar-refractivity contribution in [2.45, 2.75) is 26.0 Å². The van der Waals surface area contributed by atoms with E-state index in [9.17, 15) is 5.11 Å². The second-order valence-electron chi connectivity index (χ2n) is 4.62. The third-order valence-corrected chi connectivity index (χ3v) is 3.77. The highest BCUT2D eigenvalue weighted by molar-refractivity contribution is 9.10. The number of hydrogen-bond acceptors (Lipinski definition) is 3. The van der Waals surface area contributed by atoms with Crippen LogP contribution in [0, 0.1) is 0 Å². The molecule has 1 N–H and O–H groups in total. The number of para-hydroxylation sites is 2. The summed E-state index contributed by atoms with van der Waals surface area (Å²) in [5.41, 5.74) is 2.05. The van der Waals surface area contributed by atoms with Crippen LogP contribution in [0.2, 0.25) is 0 Å². The Morgan fingerprint density at radius 2 is 2.10 bits per heavy atom. The van der Waals surface area contributed by atoms with E-state index in [1.54, 1.807) is 12.1 Å². The minimum absolute atomic E-state index is 0.433. The predicted molar refractivity (Wildman–Crippen MR) is 80.5 cm³/mol. The Morgan fingerprint density at radius 3 is 2.80 bits per heavy atom. The van der Waals surface area contributed by atoms with E-state index in [4.69, 9.17) is 4.42 Å². The molecule has 0 saturated carbocycles. The van der Waals surface area contributed by atoms with Gasteiger partial charge in [0, 0.05) is 13.0 Å². The van der Waals surface area contributed by atoms with Gasteiger partial charge >= 0.3 is 0 Å². The monoisotopic (exact) mass is 334 g/mol. The van der Waals surface area contributed by atoms with Crippen LogP contribution in [-0.2, 0) is 13.0 Å². The fourth-order valence-corrected chi connectivity index (χ4v) is 2.73. The van der Waals surface area contributed by atoms with Crippen molar-refractivity contribution >= 4 is 27.0 Å². The van der Waals surface area contributed by atoms with E-state index >= 15 is 0 Å². The Hall–Kier alpha value is -1.59. The Morgan fingerprint density at radius 1 is 1.30 bits per heavy atom. The Bertz CT molecular complexity index is 732. The minimum atomic E-state index is -0.691. The third kappa shape index (κ3) is 2.39. The summed E-state index contributed by atoms with van der Waals surface area (Å²) in [4.78, 5) is 4.61. The van der Waals surface area contributed by atoms with Crippen molar-refractivity contribution < 1.29 is 9.52 Å². The van der Waals surface area contributed by atoms with Crippen LogP contribution in [0.25, 0.3) is 11.0 Å². The lowest BCUT2D eigenvalue weighted by Crippen LogP contribution is -2.08. The van der Waals surface area contributed by atoms with E-state index in [1.165, 1.54) is 0 Å². The number of benzene rings is 1. The minimum Gasteiger partial charge on any atom is -0.452 e. The molecule has 20 heavy (non-hydrogen) atoms. The molecule has 3 aromatic rings. The lowest BCUT2D eigenvalue weighted by molar-refractivity contribution is 0.145. The first kappa shape index (κ1) is 13.4. The van der Waals surface area contributed by atoms with Crippen LogP contribution in [0.5, 0.6) is 0 Å². The van der Waals surface area contributed by atoms with Gasteiger partial charge in [-0.15, -0.1) is 0 Å². The number of aryl methyl sites for hydroxylation is 1. The number of rotatable bonds is 4.